The van der Waals surface area contributed by atoms with Crippen LogP contribution >= 0.6 is 11.6 Å². The lowest BCUT2D eigenvalue weighted by molar-refractivity contribution is -0.126. The summed E-state index contributed by atoms with van der Waals surface area (Å²) < 4.78 is 0. The lowest BCUT2D eigenvalue weighted by Crippen LogP contribution is -2.46. The van der Waals surface area contributed by atoms with Gasteiger partial charge in [-0.05, 0) is 30.5 Å². The van der Waals surface area contributed by atoms with Crippen molar-refractivity contribution in [2.24, 2.45) is 5.73 Å². The summed E-state index contributed by atoms with van der Waals surface area (Å²) >= 11 is 5.83. The lowest BCUT2D eigenvalue weighted by atomic mass is 9.64. The first-order valence-electron chi connectivity index (χ1n) is 4.92. The molecule has 1 aliphatic carbocycles. The highest BCUT2D eigenvalue weighted by molar-refractivity contribution is 6.33. The second kappa shape index (κ2) is 3.42. The summed E-state index contributed by atoms with van der Waals surface area (Å²) in [5, 5.41) is 0.512. The number of anilines is 1. The number of halogens is 1. The Morgan fingerprint density at radius 3 is 2.47 bits per heavy atom. The number of amides is 1. The van der Waals surface area contributed by atoms with Gasteiger partial charge in [-0.3, -0.25) is 4.79 Å². The van der Waals surface area contributed by atoms with Crippen LogP contribution in [0.2, 0.25) is 5.02 Å². The Kier molecular flexibility index (Phi) is 2.35. The molecule has 15 heavy (non-hydrogen) atoms. The van der Waals surface area contributed by atoms with Gasteiger partial charge >= 0.3 is 0 Å². The van der Waals surface area contributed by atoms with Crippen LogP contribution in [0.15, 0.2) is 18.2 Å². The third kappa shape index (κ3) is 1.47. The highest BCUT2D eigenvalue weighted by Gasteiger charge is 2.44. The Labute approximate surface area is 93.4 Å². The zero-order valence-corrected chi connectivity index (χ0v) is 9.05. The van der Waals surface area contributed by atoms with Crippen LogP contribution in [-0.4, -0.2) is 5.91 Å². The van der Waals surface area contributed by atoms with E-state index in [4.69, 9.17) is 23.1 Å². The Bertz CT molecular complexity index is 413. The van der Waals surface area contributed by atoms with Crippen molar-refractivity contribution in [2.75, 3.05) is 5.73 Å². The largest absolute Gasteiger partial charge is 0.398 e. The number of primary amides is 1. The molecule has 0 spiro atoms. The quantitative estimate of drug-likeness (QED) is 0.753. The molecule has 0 atom stereocenters. The fraction of sp³-hybridized carbons (Fsp3) is 0.364. The van der Waals surface area contributed by atoms with Crippen LogP contribution < -0.4 is 11.5 Å². The van der Waals surface area contributed by atoms with Crippen molar-refractivity contribution in [3.8, 4) is 0 Å². The Balaban J connectivity index is 2.44. The second-order valence-electron chi connectivity index (χ2n) is 4.04. The number of benzene rings is 1. The molecule has 1 fully saturated rings. The van der Waals surface area contributed by atoms with Gasteiger partial charge in [-0.15, -0.1) is 0 Å². The molecule has 1 saturated carbocycles. The van der Waals surface area contributed by atoms with E-state index >= 15 is 0 Å². The molecule has 0 radical (unpaired) electrons. The molecule has 0 saturated heterocycles. The van der Waals surface area contributed by atoms with Gasteiger partial charge in [0.25, 0.3) is 0 Å². The van der Waals surface area contributed by atoms with E-state index in [0.717, 1.165) is 24.8 Å². The minimum absolute atomic E-state index is 0.268. The first-order valence-corrected chi connectivity index (χ1v) is 5.29. The van der Waals surface area contributed by atoms with Gasteiger partial charge < -0.3 is 11.5 Å². The zero-order chi connectivity index (χ0) is 11.1. The molecule has 0 heterocycles. The van der Waals surface area contributed by atoms with Crippen LogP contribution in [0.4, 0.5) is 5.69 Å². The standard InChI is InChI=1S/C11H13ClN2O/c12-8-3-2-7(6-9(8)13)11(10(14)15)4-1-5-11/h2-3,6H,1,4-5,13H2,(H2,14,15). The van der Waals surface area contributed by atoms with Crippen molar-refractivity contribution in [1.29, 1.82) is 0 Å². The van der Waals surface area contributed by atoms with Crippen LogP contribution in [0.1, 0.15) is 24.8 Å². The van der Waals surface area contributed by atoms with Gasteiger partial charge in [-0.2, -0.15) is 0 Å². The lowest BCUT2D eigenvalue weighted by Gasteiger charge is -2.39. The molecule has 1 amide bonds. The van der Waals surface area contributed by atoms with Crippen molar-refractivity contribution in [3.05, 3.63) is 28.8 Å². The Morgan fingerprint density at radius 1 is 1.40 bits per heavy atom. The monoisotopic (exact) mass is 224 g/mol. The molecule has 0 aromatic heterocycles. The summed E-state index contributed by atoms with van der Waals surface area (Å²) in [5.74, 6) is -0.268. The van der Waals surface area contributed by atoms with Gasteiger partial charge in [0, 0.05) is 0 Å². The topological polar surface area (TPSA) is 69.1 Å². The van der Waals surface area contributed by atoms with Crippen LogP contribution in [0.3, 0.4) is 0 Å². The van der Waals surface area contributed by atoms with Crippen LogP contribution in [0.5, 0.6) is 0 Å². The molecule has 4 heteroatoms. The van der Waals surface area contributed by atoms with Crippen molar-refractivity contribution in [3.63, 3.8) is 0 Å². The average Bonchev–Trinajstić information content (AvgIpc) is 2.08. The van der Waals surface area contributed by atoms with E-state index in [1.54, 1.807) is 12.1 Å². The summed E-state index contributed by atoms with van der Waals surface area (Å²) in [6.07, 6.45) is 2.65. The number of hydrogen-bond acceptors (Lipinski definition) is 2. The van der Waals surface area contributed by atoms with E-state index in [-0.39, 0.29) is 5.91 Å². The van der Waals surface area contributed by atoms with E-state index in [2.05, 4.69) is 0 Å². The van der Waals surface area contributed by atoms with Gasteiger partial charge in [-0.1, -0.05) is 24.1 Å². The highest BCUT2D eigenvalue weighted by Crippen LogP contribution is 2.44. The average molecular weight is 225 g/mol. The second-order valence-corrected chi connectivity index (χ2v) is 4.44. The third-order valence-corrected chi connectivity index (χ3v) is 3.57. The summed E-state index contributed by atoms with van der Waals surface area (Å²) in [6.45, 7) is 0. The van der Waals surface area contributed by atoms with Crippen molar-refractivity contribution in [2.45, 2.75) is 24.7 Å². The predicted molar refractivity (Wildman–Crippen MR) is 60.6 cm³/mol. The molecule has 0 bridgehead atoms. The van der Waals surface area contributed by atoms with Crippen molar-refractivity contribution in [1.82, 2.24) is 0 Å². The van der Waals surface area contributed by atoms with Gasteiger partial charge in [0.2, 0.25) is 5.91 Å². The van der Waals surface area contributed by atoms with Gasteiger partial charge in [-0.25, -0.2) is 0 Å². The summed E-state index contributed by atoms with van der Waals surface area (Å²) in [4.78, 5) is 11.4. The number of nitrogen functional groups attached to an aromatic ring is 1. The summed E-state index contributed by atoms with van der Waals surface area (Å²) in [6, 6.07) is 5.31. The summed E-state index contributed by atoms with van der Waals surface area (Å²) in [7, 11) is 0. The van der Waals surface area contributed by atoms with Crippen LogP contribution in [0, 0.1) is 0 Å². The molecule has 80 valence electrons. The summed E-state index contributed by atoms with van der Waals surface area (Å²) in [5.41, 5.74) is 12.0. The smallest absolute Gasteiger partial charge is 0.228 e. The van der Waals surface area contributed by atoms with Gasteiger partial charge in [0.15, 0.2) is 0 Å². The number of carbonyl (C=O) groups excluding carboxylic acids is 1. The Hall–Kier alpha value is -1.22. The van der Waals surface area contributed by atoms with Gasteiger partial charge in [0.05, 0.1) is 16.1 Å². The third-order valence-electron chi connectivity index (χ3n) is 3.23. The minimum Gasteiger partial charge on any atom is -0.398 e. The van der Waals surface area contributed by atoms with E-state index in [0.29, 0.717) is 10.7 Å². The zero-order valence-electron chi connectivity index (χ0n) is 8.29. The van der Waals surface area contributed by atoms with Crippen molar-refractivity contribution >= 4 is 23.2 Å². The molecular formula is C11H13ClN2O. The fourth-order valence-corrected chi connectivity index (χ4v) is 2.17. The van der Waals surface area contributed by atoms with E-state index < -0.39 is 5.41 Å². The molecule has 2 rings (SSSR count). The van der Waals surface area contributed by atoms with Crippen LogP contribution in [0.25, 0.3) is 0 Å². The normalized spacial score (nSPS) is 18.2. The SMILES string of the molecule is NC(=O)C1(c2ccc(Cl)c(N)c2)CCC1. The first kappa shape index (κ1) is 10.3. The maximum atomic E-state index is 11.4. The molecular weight excluding hydrogens is 212 g/mol. The van der Waals surface area contributed by atoms with E-state index in [1.165, 1.54) is 0 Å². The number of carbonyl (C=O) groups is 1. The van der Waals surface area contributed by atoms with Gasteiger partial charge in [0.1, 0.15) is 0 Å². The molecule has 3 nitrogen and oxygen atoms in total. The van der Waals surface area contributed by atoms with E-state index in [9.17, 15) is 4.79 Å². The minimum atomic E-state index is -0.501. The molecule has 0 aliphatic heterocycles. The van der Waals surface area contributed by atoms with E-state index in [1.807, 2.05) is 6.07 Å². The first-order chi connectivity index (χ1) is 7.06. The number of hydrogen-bond donors (Lipinski definition) is 2. The number of nitrogens with two attached hydrogens (primary N) is 2. The van der Waals surface area contributed by atoms with Crippen molar-refractivity contribution < 1.29 is 4.79 Å². The number of rotatable bonds is 2. The molecule has 1 aromatic carbocycles. The fourth-order valence-electron chi connectivity index (χ4n) is 2.05. The molecule has 1 aromatic rings. The predicted octanol–water partition coefficient (Wildman–Crippen LogP) is 1.83. The highest BCUT2D eigenvalue weighted by atomic mass is 35.5. The molecule has 4 N–H and O–H groups in total. The van der Waals surface area contributed by atoms with Crippen LogP contribution in [-0.2, 0) is 10.2 Å². The molecule has 0 unspecified atom stereocenters. The molecule has 1 aliphatic rings. The Morgan fingerprint density at radius 2 is 2.07 bits per heavy atom. The maximum Gasteiger partial charge on any atom is 0.228 e. The maximum absolute atomic E-state index is 11.4.